The fourth-order valence-electron chi connectivity index (χ4n) is 0.713. The largest absolute Gasteiger partial charge is 0.329 e. The van der Waals surface area contributed by atoms with Crippen LogP contribution < -0.4 is 10.0 Å². The average molecular weight is 186 g/mol. The molecule has 1 rings (SSSR count). The number of benzene rings is 1. The van der Waals surface area contributed by atoms with Crippen molar-refractivity contribution in [2.45, 2.75) is 0 Å². The molecule has 3 nitrogen and oxygen atoms in total. The molecule has 0 spiro atoms. The van der Waals surface area contributed by atoms with Crippen LogP contribution in [0.25, 0.3) is 0 Å². The van der Waals surface area contributed by atoms with E-state index < -0.39 is 11.8 Å². The first kappa shape index (κ1) is 8.86. The van der Waals surface area contributed by atoms with Crippen LogP contribution in [0.5, 0.6) is 0 Å². The first-order valence-electron chi connectivity index (χ1n) is 3.19. The summed E-state index contributed by atoms with van der Waals surface area (Å²) in [7, 11) is 0. The summed E-state index contributed by atoms with van der Waals surface area (Å²) in [5.41, 5.74) is 0.129. The number of para-hydroxylation sites is 1. The number of rotatable bonds is 1. The van der Waals surface area contributed by atoms with E-state index in [0.717, 1.165) is 0 Å². The molecule has 2 N–H and O–H groups in total. The first-order chi connectivity index (χ1) is 5.74. The van der Waals surface area contributed by atoms with Gasteiger partial charge in [0.15, 0.2) is 0 Å². The topological polar surface area (TPSA) is 41.1 Å². The van der Waals surface area contributed by atoms with E-state index in [-0.39, 0.29) is 5.69 Å². The number of anilines is 1. The van der Waals surface area contributed by atoms with Crippen molar-refractivity contribution < 1.29 is 9.18 Å². The van der Waals surface area contributed by atoms with Crippen LogP contribution >= 0.6 is 12.8 Å². The van der Waals surface area contributed by atoms with E-state index in [4.69, 9.17) is 0 Å². The van der Waals surface area contributed by atoms with Gasteiger partial charge >= 0.3 is 6.03 Å². The van der Waals surface area contributed by atoms with Gasteiger partial charge in [-0.25, -0.2) is 9.18 Å². The summed E-state index contributed by atoms with van der Waals surface area (Å²) in [6.07, 6.45) is 0. The Kier molecular flexibility index (Phi) is 2.93. The van der Waals surface area contributed by atoms with Crippen molar-refractivity contribution >= 4 is 24.5 Å². The zero-order chi connectivity index (χ0) is 8.97. The molecule has 0 aromatic heterocycles. The lowest BCUT2D eigenvalue weighted by molar-refractivity contribution is 0.257. The quantitative estimate of drug-likeness (QED) is 0.575. The lowest BCUT2D eigenvalue weighted by Crippen LogP contribution is -2.20. The molecule has 0 saturated heterocycles. The summed E-state index contributed by atoms with van der Waals surface area (Å²) in [6.45, 7) is 0. The molecule has 0 aliphatic rings. The number of urea groups is 1. The molecule has 0 radical (unpaired) electrons. The number of thiol groups is 1. The van der Waals surface area contributed by atoms with Crippen molar-refractivity contribution in [3.8, 4) is 0 Å². The van der Waals surface area contributed by atoms with Crippen LogP contribution in [0.15, 0.2) is 24.3 Å². The van der Waals surface area contributed by atoms with Crippen molar-refractivity contribution in [1.82, 2.24) is 4.72 Å². The van der Waals surface area contributed by atoms with E-state index in [9.17, 15) is 9.18 Å². The van der Waals surface area contributed by atoms with Crippen molar-refractivity contribution in [3.63, 3.8) is 0 Å². The van der Waals surface area contributed by atoms with Crippen LogP contribution in [0.1, 0.15) is 0 Å². The predicted molar refractivity (Wildman–Crippen MR) is 47.5 cm³/mol. The molecule has 0 bridgehead atoms. The number of hydrogen-bond acceptors (Lipinski definition) is 2. The minimum Gasteiger partial charge on any atom is -0.305 e. The van der Waals surface area contributed by atoms with Crippen LogP contribution in [0.4, 0.5) is 14.9 Å². The Balaban J connectivity index is 2.75. The summed E-state index contributed by atoms with van der Waals surface area (Å²) in [5.74, 6) is -0.477. The van der Waals surface area contributed by atoms with E-state index in [0.29, 0.717) is 0 Å². The maximum absolute atomic E-state index is 12.8. The van der Waals surface area contributed by atoms with Gasteiger partial charge in [-0.3, -0.25) is 4.72 Å². The second-order valence-electron chi connectivity index (χ2n) is 2.05. The molecule has 0 fully saturated rings. The zero-order valence-electron chi connectivity index (χ0n) is 6.04. The summed E-state index contributed by atoms with van der Waals surface area (Å²) in [5, 5.41) is 2.26. The third kappa shape index (κ3) is 2.13. The SMILES string of the molecule is O=C(NS)Nc1ccccc1F. The molecule has 1 aromatic rings. The normalized spacial score (nSPS) is 9.17. The van der Waals surface area contributed by atoms with Crippen LogP contribution in [-0.4, -0.2) is 6.03 Å². The van der Waals surface area contributed by atoms with Crippen LogP contribution in [0.3, 0.4) is 0 Å². The van der Waals surface area contributed by atoms with Crippen molar-refractivity contribution in [3.05, 3.63) is 30.1 Å². The Labute approximate surface area is 74.5 Å². The van der Waals surface area contributed by atoms with E-state index in [1.165, 1.54) is 12.1 Å². The van der Waals surface area contributed by atoms with Gasteiger partial charge in [0.2, 0.25) is 0 Å². The highest BCUT2D eigenvalue weighted by molar-refractivity contribution is 7.78. The second-order valence-corrected chi connectivity index (χ2v) is 2.27. The lowest BCUT2D eigenvalue weighted by Gasteiger charge is -2.03. The third-order valence-corrected chi connectivity index (χ3v) is 1.43. The monoisotopic (exact) mass is 186 g/mol. The molecule has 0 aliphatic heterocycles. The number of amides is 2. The third-order valence-electron chi connectivity index (χ3n) is 1.22. The molecular formula is C7H7FN2OS. The zero-order valence-corrected chi connectivity index (χ0v) is 6.94. The highest BCUT2D eigenvalue weighted by Gasteiger charge is 2.02. The van der Waals surface area contributed by atoms with Crippen molar-refractivity contribution in [1.29, 1.82) is 0 Å². The van der Waals surface area contributed by atoms with Crippen LogP contribution in [0.2, 0.25) is 0 Å². The standard InChI is InChI=1S/C7H7FN2OS/c8-5-3-1-2-4-6(5)9-7(11)10-12/h1-4,12H,(H2,9,10,11). The molecule has 0 saturated carbocycles. The molecule has 12 heavy (non-hydrogen) atoms. The number of carbonyl (C=O) groups excluding carboxylic acids is 1. The van der Waals surface area contributed by atoms with Gasteiger partial charge in [0, 0.05) is 0 Å². The minimum atomic E-state index is -0.566. The van der Waals surface area contributed by atoms with Crippen molar-refractivity contribution in [2.24, 2.45) is 0 Å². The molecule has 2 amide bonds. The average Bonchev–Trinajstić information content (AvgIpc) is 2.09. The second kappa shape index (κ2) is 3.96. The van der Waals surface area contributed by atoms with Gasteiger partial charge in [0.1, 0.15) is 5.82 Å². The van der Waals surface area contributed by atoms with E-state index in [1.54, 1.807) is 12.1 Å². The number of hydrogen-bond donors (Lipinski definition) is 3. The van der Waals surface area contributed by atoms with Gasteiger partial charge < -0.3 is 5.32 Å². The molecule has 1 aromatic carbocycles. The van der Waals surface area contributed by atoms with Gasteiger partial charge in [-0.2, -0.15) is 0 Å². The van der Waals surface area contributed by atoms with Gasteiger partial charge in [-0.15, -0.1) is 0 Å². The predicted octanol–water partition coefficient (Wildman–Crippen LogP) is 1.79. The van der Waals surface area contributed by atoms with Crippen molar-refractivity contribution in [2.75, 3.05) is 5.32 Å². The summed E-state index contributed by atoms with van der Waals surface area (Å²) >= 11 is 3.50. The molecule has 5 heteroatoms. The summed E-state index contributed by atoms with van der Waals surface area (Å²) in [4.78, 5) is 10.7. The first-order valence-corrected chi connectivity index (χ1v) is 3.64. The Morgan fingerprint density at radius 2 is 2.08 bits per heavy atom. The number of halogens is 1. The summed E-state index contributed by atoms with van der Waals surface area (Å²) in [6, 6.07) is 5.31. The number of nitrogens with one attached hydrogen (secondary N) is 2. The lowest BCUT2D eigenvalue weighted by atomic mass is 10.3. The van der Waals surface area contributed by atoms with Gasteiger partial charge in [0.05, 0.1) is 5.69 Å². The van der Waals surface area contributed by atoms with E-state index in [1.807, 2.05) is 4.72 Å². The Bertz CT molecular complexity index is 292. The van der Waals surface area contributed by atoms with E-state index in [2.05, 4.69) is 18.1 Å². The molecule has 0 heterocycles. The maximum atomic E-state index is 12.8. The minimum absolute atomic E-state index is 0.129. The van der Waals surface area contributed by atoms with Crippen LogP contribution in [0, 0.1) is 5.82 Å². The summed E-state index contributed by atoms with van der Waals surface area (Å²) < 4.78 is 14.8. The van der Waals surface area contributed by atoms with Gasteiger partial charge in [-0.1, -0.05) is 24.9 Å². The maximum Gasteiger partial charge on any atom is 0.329 e. The molecule has 0 atom stereocenters. The molecule has 0 unspecified atom stereocenters. The Morgan fingerprint density at radius 3 is 2.67 bits per heavy atom. The highest BCUT2D eigenvalue weighted by atomic mass is 32.1. The number of carbonyl (C=O) groups is 1. The van der Waals surface area contributed by atoms with E-state index >= 15 is 0 Å². The molecule has 64 valence electrons. The molecule has 0 aliphatic carbocycles. The molecular weight excluding hydrogens is 179 g/mol. The van der Waals surface area contributed by atoms with Crippen LogP contribution in [-0.2, 0) is 0 Å². The van der Waals surface area contributed by atoms with Gasteiger partial charge in [-0.05, 0) is 12.1 Å². The smallest absolute Gasteiger partial charge is 0.305 e. The Morgan fingerprint density at radius 1 is 1.42 bits per heavy atom. The highest BCUT2D eigenvalue weighted by Crippen LogP contribution is 2.11. The fraction of sp³-hybridized carbons (Fsp3) is 0. The fourth-order valence-corrected chi connectivity index (χ4v) is 0.769. The van der Waals surface area contributed by atoms with Gasteiger partial charge in [0.25, 0.3) is 0 Å². The Hall–Kier alpha value is -1.23.